The molecule has 1 fully saturated rings. The number of anilines is 1. The summed E-state index contributed by atoms with van der Waals surface area (Å²) in [6, 6.07) is 10.1. The Morgan fingerprint density at radius 1 is 1.22 bits per heavy atom. The van der Waals surface area contributed by atoms with Crippen molar-refractivity contribution in [3.63, 3.8) is 0 Å². The standard InChI is InChI=1S/C23H23BrN6OS/c24-19-15-27-30-21(26-14-16-3-1-7-25-13-16)12-20(28-23(19)30)17-5-8-29(9-6-17)22(31)11-18-4-2-10-32-18/h1-4,7,10,12-13,15,17,26H,5-6,8-9,11,14H2. The number of amides is 1. The van der Waals surface area contributed by atoms with E-state index in [0.29, 0.717) is 18.9 Å². The molecule has 0 aliphatic carbocycles. The van der Waals surface area contributed by atoms with Gasteiger partial charge in [-0.15, -0.1) is 11.3 Å². The third-order valence-corrected chi connectivity index (χ3v) is 7.25. The summed E-state index contributed by atoms with van der Waals surface area (Å²) in [5, 5.41) is 9.97. The Kier molecular flexibility index (Phi) is 6.18. The maximum Gasteiger partial charge on any atom is 0.227 e. The molecule has 0 atom stereocenters. The Bertz CT molecular complexity index is 1200. The Balaban J connectivity index is 1.31. The van der Waals surface area contributed by atoms with Gasteiger partial charge in [0, 0.05) is 54.6 Å². The summed E-state index contributed by atoms with van der Waals surface area (Å²) >= 11 is 5.22. The Hall–Kier alpha value is -2.78. The number of likely N-dealkylation sites (tertiary alicyclic amines) is 1. The molecule has 32 heavy (non-hydrogen) atoms. The number of pyridine rings is 1. The first-order valence-corrected chi connectivity index (χ1v) is 12.3. The van der Waals surface area contributed by atoms with Gasteiger partial charge in [0.25, 0.3) is 0 Å². The van der Waals surface area contributed by atoms with Gasteiger partial charge in [-0.1, -0.05) is 12.1 Å². The molecule has 0 aromatic carbocycles. The average molecular weight is 511 g/mol. The third-order valence-electron chi connectivity index (χ3n) is 5.82. The molecule has 0 bridgehead atoms. The van der Waals surface area contributed by atoms with Crippen molar-refractivity contribution in [1.29, 1.82) is 0 Å². The second-order valence-electron chi connectivity index (χ2n) is 7.92. The number of piperidine rings is 1. The van der Waals surface area contributed by atoms with Gasteiger partial charge in [-0.25, -0.2) is 4.98 Å². The van der Waals surface area contributed by atoms with E-state index in [1.165, 1.54) is 0 Å². The van der Waals surface area contributed by atoms with Crippen LogP contribution < -0.4 is 5.32 Å². The van der Waals surface area contributed by atoms with Crippen LogP contribution in [0.2, 0.25) is 0 Å². The van der Waals surface area contributed by atoms with E-state index in [1.807, 2.05) is 45.3 Å². The SMILES string of the molecule is O=C(Cc1cccs1)N1CCC(c2cc(NCc3cccnc3)n3ncc(Br)c3n2)CC1. The highest BCUT2D eigenvalue weighted by atomic mass is 79.9. The molecular formula is C23H23BrN6OS. The van der Waals surface area contributed by atoms with Gasteiger partial charge in [0.05, 0.1) is 17.1 Å². The Morgan fingerprint density at radius 3 is 2.84 bits per heavy atom. The second-order valence-corrected chi connectivity index (χ2v) is 9.81. The first-order valence-electron chi connectivity index (χ1n) is 10.6. The zero-order chi connectivity index (χ0) is 21.9. The number of rotatable bonds is 6. The molecule has 7 nitrogen and oxygen atoms in total. The molecule has 1 amide bonds. The summed E-state index contributed by atoms with van der Waals surface area (Å²) < 4.78 is 2.69. The molecule has 0 unspecified atom stereocenters. The third kappa shape index (κ3) is 4.54. The van der Waals surface area contributed by atoms with Crippen LogP contribution in [0.25, 0.3) is 5.65 Å². The van der Waals surface area contributed by atoms with Crippen LogP contribution in [0.15, 0.2) is 58.8 Å². The van der Waals surface area contributed by atoms with Gasteiger partial charge in [-0.2, -0.15) is 9.61 Å². The van der Waals surface area contributed by atoms with Crippen LogP contribution >= 0.6 is 27.3 Å². The number of carbonyl (C=O) groups excluding carboxylic acids is 1. The molecule has 1 aliphatic heterocycles. The summed E-state index contributed by atoms with van der Waals surface area (Å²) in [6.45, 7) is 2.18. The average Bonchev–Trinajstić information content (AvgIpc) is 3.48. The van der Waals surface area contributed by atoms with Crippen molar-refractivity contribution in [3.05, 3.63) is 74.9 Å². The Morgan fingerprint density at radius 2 is 2.09 bits per heavy atom. The van der Waals surface area contributed by atoms with Gasteiger partial charge < -0.3 is 10.2 Å². The van der Waals surface area contributed by atoms with Crippen LogP contribution in [0, 0.1) is 0 Å². The van der Waals surface area contributed by atoms with Gasteiger partial charge in [0.15, 0.2) is 5.65 Å². The normalized spacial score (nSPS) is 14.7. The van der Waals surface area contributed by atoms with Crippen LogP contribution in [0.5, 0.6) is 0 Å². The zero-order valence-electron chi connectivity index (χ0n) is 17.4. The van der Waals surface area contributed by atoms with Gasteiger partial charge in [-0.3, -0.25) is 9.78 Å². The molecule has 0 radical (unpaired) electrons. The molecule has 1 N–H and O–H groups in total. The molecule has 4 aromatic rings. The number of thiophene rings is 1. The van der Waals surface area contributed by atoms with Crippen molar-refractivity contribution < 1.29 is 4.79 Å². The molecular weight excluding hydrogens is 488 g/mol. The summed E-state index contributed by atoms with van der Waals surface area (Å²) in [5.41, 5.74) is 2.94. The molecule has 9 heteroatoms. The lowest BCUT2D eigenvalue weighted by Crippen LogP contribution is -2.38. The van der Waals surface area contributed by atoms with Crippen LogP contribution in [0.1, 0.15) is 34.9 Å². The predicted molar refractivity (Wildman–Crippen MR) is 129 cm³/mol. The number of nitrogens with one attached hydrogen (secondary N) is 1. The minimum atomic E-state index is 0.215. The van der Waals surface area contributed by atoms with Crippen molar-refractivity contribution in [2.24, 2.45) is 0 Å². The van der Waals surface area contributed by atoms with Crippen molar-refractivity contribution in [2.75, 3.05) is 18.4 Å². The topological polar surface area (TPSA) is 75.4 Å². The van der Waals surface area contributed by atoms with Crippen LogP contribution in [0.3, 0.4) is 0 Å². The maximum absolute atomic E-state index is 12.7. The van der Waals surface area contributed by atoms with Gasteiger partial charge in [-0.05, 0) is 51.8 Å². The molecule has 0 spiro atoms. The summed E-state index contributed by atoms with van der Waals surface area (Å²) in [4.78, 5) is 24.9. The smallest absolute Gasteiger partial charge is 0.227 e. The lowest BCUT2D eigenvalue weighted by Gasteiger charge is -2.32. The molecule has 5 heterocycles. The largest absolute Gasteiger partial charge is 0.366 e. The monoisotopic (exact) mass is 510 g/mol. The van der Waals surface area contributed by atoms with E-state index in [4.69, 9.17) is 4.98 Å². The van der Waals surface area contributed by atoms with E-state index >= 15 is 0 Å². The van der Waals surface area contributed by atoms with Gasteiger partial charge >= 0.3 is 0 Å². The molecule has 5 rings (SSSR count). The minimum absolute atomic E-state index is 0.215. The summed E-state index contributed by atoms with van der Waals surface area (Å²) in [7, 11) is 0. The lowest BCUT2D eigenvalue weighted by molar-refractivity contribution is -0.131. The molecule has 1 saturated heterocycles. The van der Waals surface area contributed by atoms with E-state index in [1.54, 1.807) is 23.7 Å². The van der Waals surface area contributed by atoms with E-state index < -0.39 is 0 Å². The summed E-state index contributed by atoms with van der Waals surface area (Å²) in [6.07, 6.45) is 7.72. The maximum atomic E-state index is 12.7. The quantitative estimate of drug-likeness (QED) is 0.413. The first kappa shape index (κ1) is 21.1. The van der Waals surface area contributed by atoms with Crippen molar-refractivity contribution in [3.8, 4) is 0 Å². The highest BCUT2D eigenvalue weighted by Gasteiger charge is 2.26. The highest BCUT2D eigenvalue weighted by Crippen LogP contribution is 2.31. The number of nitrogens with zero attached hydrogens (tertiary/aromatic N) is 5. The molecule has 1 aliphatic rings. The fourth-order valence-electron chi connectivity index (χ4n) is 4.08. The number of halogens is 1. The minimum Gasteiger partial charge on any atom is -0.366 e. The fraction of sp³-hybridized carbons (Fsp3) is 0.304. The number of aromatic nitrogens is 4. The molecule has 0 saturated carbocycles. The first-order chi connectivity index (χ1) is 15.7. The van der Waals surface area contributed by atoms with E-state index in [2.05, 4.69) is 37.4 Å². The lowest BCUT2D eigenvalue weighted by atomic mass is 9.93. The predicted octanol–water partition coefficient (Wildman–Crippen LogP) is 4.51. The van der Waals surface area contributed by atoms with Gasteiger partial charge in [0.2, 0.25) is 5.91 Å². The van der Waals surface area contributed by atoms with Crippen molar-refractivity contribution in [2.45, 2.75) is 31.7 Å². The number of hydrogen-bond donors (Lipinski definition) is 1. The second kappa shape index (κ2) is 9.38. The summed E-state index contributed by atoms with van der Waals surface area (Å²) in [5.74, 6) is 1.42. The van der Waals surface area contributed by atoms with E-state index in [9.17, 15) is 4.79 Å². The van der Waals surface area contributed by atoms with Crippen molar-refractivity contribution in [1.82, 2.24) is 24.5 Å². The van der Waals surface area contributed by atoms with Crippen LogP contribution in [-0.2, 0) is 17.8 Å². The Labute approximate surface area is 198 Å². The zero-order valence-corrected chi connectivity index (χ0v) is 19.8. The van der Waals surface area contributed by atoms with Crippen LogP contribution in [-0.4, -0.2) is 43.5 Å². The van der Waals surface area contributed by atoms with Gasteiger partial charge in [0.1, 0.15) is 5.82 Å². The van der Waals surface area contributed by atoms with E-state index in [0.717, 1.165) is 58.0 Å². The fourth-order valence-corrected chi connectivity index (χ4v) is 5.13. The number of carbonyl (C=O) groups is 1. The molecule has 4 aromatic heterocycles. The highest BCUT2D eigenvalue weighted by molar-refractivity contribution is 9.10. The number of hydrogen-bond acceptors (Lipinski definition) is 6. The van der Waals surface area contributed by atoms with E-state index in [-0.39, 0.29) is 5.91 Å². The number of fused-ring (bicyclic) bond motifs is 1. The molecule has 164 valence electrons. The van der Waals surface area contributed by atoms with Crippen molar-refractivity contribution >= 4 is 44.6 Å². The van der Waals surface area contributed by atoms with Crippen LogP contribution in [0.4, 0.5) is 5.82 Å².